The predicted octanol–water partition coefficient (Wildman–Crippen LogP) is 1.63. The zero-order valence-corrected chi connectivity index (χ0v) is 16.3. The summed E-state index contributed by atoms with van der Waals surface area (Å²) < 4.78 is 12.6. The van der Waals surface area contributed by atoms with Gasteiger partial charge in [-0.25, -0.2) is 4.98 Å². The fraction of sp³-hybridized carbons (Fsp3) is 0.333. The van der Waals surface area contributed by atoms with Gasteiger partial charge in [0.15, 0.2) is 11.5 Å². The van der Waals surface area contributed by atoms with E-state index in [0.717, 1.165) is 34.9 Å². The highest BCUT2D eigenvalue weighted by Gasteiger charge is 2.12. The molecular weight excluding hydrogens is 342 g/mol. The Labute approximate surface area is 159 Å². The number of rotatable bonds is 7. The number of aromatic nitrogens is 2. The van der Waals surface area contributed by atoms with Crippen LogP contribution >= 0.6 is 0 Å². The second-order valence-electron chi connectivity index (χ2n) is 6.75. The number of ether oxygens (including phenoxy) is 2. The lowest BCUT2D eigenvalue weighted by Gasteiger charge is -2.16. The van der Waals surface area contributed by atoms with E-state index in [1.54, 1.807) is 17.6 Å². The van der Waals surface area contributed by atoms with Crippen molar-refractivity contribution in [3.63, 3.8) is 0 Å². The Bertz CT molecular complexity index is 998. The van der Waals surface area contributed by atoms with Gasteiger partial charge in [0.05, 0.1) is 20.8 Å². The lowest BCUT2D eigenvalue weighted by Crippen LogP contribution is -3.06. The third kappa shape index (κ3) is 4.46. The standard InChI is InChI=1S/C21H25N3O3/c1-5-27-18-8-7-16(10-19(18)26-4)13-23(3)14-17-11-21(25)24-12-15(2)6-9-20(24)22-17/h6-12H,5,13-14H2,1-4H3/p+1. The highest BCUT2D eigenvalue weighted by molar-refractivity contribution is 5.43. The van der Waals surface area contributed by atoms with Gasteiger partial charge in [-0.2, -0.15) is 0 Å². The van der Waals surface area contributed by atoms with Gasteiger partial charge >= 0.3 is 0 Å². The van der Waals surface area contributed by atoms with Gasteiger partial charge in [-0.1, -0.05) is 6.07 Å². The van der Waals surface area contributed by atoms with Gasteiger partial charge < -0.3 is 14.4 Å². The smallest absolute Gasteiger partial charge is 0.258 e. The lowest BCUT2D eigenvalue weighted by atomic mass is 10.2. The molecule has 0 fully saturated rings. The molecule has 2 aromatic heterocycles. The zero-order valence-electron chi connectivity index (χ0n) is 16.3. The Morgan fingerprint density at radius 3 is 2.67 bits per heavy atom. The molecule has 1 atom stereocenters. The van der Waals surface area contributed by atoms with Gasteiger partial charge in [-0.05, 0) is 43.7 Å². The fourth-order valence-corrected chi connectivity index (χ4v) is 3.17. The molecule has 0 aliphatic heterocycles. The first kappa shape index (κ1) is 18.9. The van der Waals surface area contributed by atoms with Crippen LogP contribution in [-0.4, -0.2) is 30.1 Å². The number of benzene rings is 1. The van der Waals surface area contributed by atoms with Crippen LogP contribution in [0.25, 0.3) is 5.65 Å². The molecule has 6 heteroatoms. The molecule has 3 aromatic rings. The van der Waals surface area contributed by atoms with Crippen LogP contribution < -0.4 is 19.9 Å². The summed E-state index contributed by atoms with van der Waals surface area (Å²) in [5.41, 5.74) is 3.60. The number of nitrogens with one attached hydrogen (secondary N) is 1. The van der Waals surface area contributed by atoms with Crippen molar-refractivity contribution in [3.05, 3.63) is 69.8 Å². The summed E-state index contributed by atoms with van der Waals surface area (Å²) in [5, 5.41) is 0. The molecular formula is C21H26N3O3+. The molecule has 1 N–H and O–H groups in total. The molecule has 0 radical (unpaired) electrons. The topological polar surface area (TPSA) is 57.3 Å². The number of nitrogens with zero attached hydrogens (tertiary/aromatic N) is 2. The Balaban J connectivity index is 1.76. The predicted molar refractivity (Wildman–Crippen MR) is 105 cm³/mol. The van der Waals surface area contributed by atoms with E-state index >= 15 is 0 Å². The molecule has 0 aliphatic rings. The highest BCUT2D eigenvalue weighted by atomic mass is 16.5. The molecule has 0 saturated carbocycles. The van der Waals surface area contributed by atoms with E-state index in [2.05, 4.69) is 12.0 Å². The molecule has 3 rings (SSSR count). The second-order valence-corrected chi connectivity index (χ2v) is 6.75. The van der Waals surface area contributed by atoms with Gasteiger partial charge in [0.1, 0.15) is 24.4 Å². The maximum atomic E-state index is 12.4. The van der Waals surface area contributed by atoms with Crippen LogP contribution in [0.3, 0.4) is 0 Å². The van der Waals surface area contributed by atoms with Crippen LogP contribution in [0, 0.1) is 6.92 Å². The van der Waals surface area contributed by atoms with E-state index in [1.807, 2.05) is 50.4 Å². The Hall–Kier alpha value is -2.86. The molecule has 2 heterocycles. The summed E-state index contributed by atoms with van der Waals surface area (Å²) in [6.45, 7) is 5.96. The van der Waals surface area contributed by atoms with Crippen molar-refractivity contribution in [1.29, 1.82) is 0 Å². The average Bonchev–Trinajstić information content (AvgIpc) is 2.63. The van der Waals surface area contributed by atoms with Crippen molar-refractivity contribution in [2.24, 2.45) is 0 Å². The SMILES string of the molecule is CCOc1ccc(C[NH+](C)Cc2cc(=O)n3cc(C)ccc3n2)cc1OC. The molecule has 0 aliphatic carbocycles. The van der Waals surface area contributed by atoms with E-state index in [4.69, 9.17) is 9.47 Å². The number of pyridine rings is 1. The molecule has 0 saturated heterocycles. The van der Waals surface area contributed by atoms with Crippen LogP contribution in [0.2, 0.25) is 0 Å². The number of hydrogen-bond donors (Lipinski definition) is 1. The third-order valence-electron chi connectivity index (χ3n) is 4.38. The van der Waals surface area contributed by atoms with Crippen LogP contribution in [0.15, 0.2) is 47.4 Å². The molecule has 0 spiro atoms. The summed E-state index contributed by atoms with van der Waals surface area (Å²) in [6, 6.07) is 11.5. The molecule has 1 unspecified atom stereocenters. The van der Waals surface area contributed by atoms with Crippen LogP contribution in [0.4, 0.5) is 0 Å². The van der Waals surface area contributed by atoms with Crippen LogP contribution in [-0.2, 0) is 13.1 Å². The molecule has 6 nitrogen and oxygen atoms in total. The summed E-state index contributed by atoms with van der Waals surface area (Å²) in [6.07, 6.45) is 1.82. The first-order valence-corrected chi connectivity index (χ1v) is 9.10. The first-order chi connectivity index (χ1) is 13.0. The van der Waals surface area contributed by atoms with Crippen molar-refractivity contribution in [3.8, 4) is 11.5 Å². The van der Waals surface area contributed by atoms with Crippen molar-refractivity contribution in [2.45, 2.75) is 26.9 Å². The Morgan fingerprint density at radius 2 is 1.93 bits per heavy atom. The monoisotopic (exact) mass is 368 g/mol. The van der Waals surface area contributed by atoms with Gasteiger partial charge in [-0.15, -0.1) is 0 Å². The number of aryl methyl sites for hydroxylation is 1. The summed E-state index contributed by atoms with van der Waals surface area (Å²) >= 11 is 0. The highest BCUT2D eigenvalue weighted by Crippen LogP contribution is 2.27. The summed E-state index contributed by atoms with van der Waals surface area (Å²) in [5.74, 6) is 1.49. The first-order valence-electron chi connectivity index (χ1n) is 9.10. The largest absolute Gasteiger partial charge is 0.493 e. The van der Waals surface area contributed by atoms with E-state index in [9.17, 15) is 4.79 Å². The minimum absolute atomic E-state index is 0.0470. The molecule has 0 bridgehead atoms. The van der Waals surface area contributed by atoms with Gasteiger partial charge in [0.2, 0.25) is 0 Å². The maximum absolute atomic E-state index is 12.4. The molecule has 0 amide bonds. The van der Waals surface area contributed by atoms with E-state index < -0.39 is 0 Å². The van der Waals surface area contributed by atoms with Crippen molar-refractivity contribution >= 4 is 5.65 Å². The maximum Gasteiger partial charge on any atom is 0.258 e. The van der Waals surface area contributed by atoms with E-state index in [0.29, 0.717) is 18.8 Å². The quantitative estimate of drug-likeness (QED) is 0.689. The average molecular weight is 368 g/mol. The fourth-order valence-electron chi connectivity index (χ4n) is 3.17. The minimum atomic E-state index is -0.0470. The van der Waals surface area contributed by atoms with Crippen molar-refractivity contribution < 1.29 is 14.4 Å². The Kier molecular flexibility index (Phi) is 5.76. The van der Waals surface area contributed by atoms with Gasteiger partial charge in [0.25, 0.3) is 5.56 Å². The van der Waals surface area contributed by atoms with Crippen molar-refractivity contribution in [1.82, 2.24) is 9.38 Å². The summed E-state index contributed by atoms with van der Waals surface area (Å²) in [4.78, 5) is 18.2. The zero-order chi connectivity index (χ0) is 19.4. The normalized spacial score (nSPS) is 12.1. The Morgan fingerprint density at radius 1 is 1.11 bits per heavy atom. The second kappa shape index (κ2) is 8.22. The third-order valence-corrected chi connectivity index (χ3v) is 4.38. The molecule has 27 heavy (non-hydrogen) atoms. The van der Waals surface area contributed by atoms with Crippen molar-refractivity contribution in [2.75, 3.05) is 20.8 Å². The van der Waals surface area contributed by atoms with Gasteiger partial charge in [-0.3, -0.25) is 9.20 Å². The lowest BCUT2D eigenvalue weighted by molar-refractivity contribution is -0.908. The minimum Gasteiger partial charge on any atom is -0.493 e. The molecule has 1 aromatic carbocycles. The number of hydrogen-bond acceptors (Lipinski definition) is 4. The van der Waals surface area contributed by atoms with Crippen LogP contribution in [0.1, 0.15) is 23.7 Å². The van der Waals surface area contributed by atoms with E-state index in [1.165, 1.54) is 4.90 Å². The number of fused-ring (bicyclic) bond motifs is 1. The summed E-state index contributed by atoms with van der Waals surface area (Å²) in [7, 11) is 3.73. The number of methoxy groups -OCH3 is 1. The van der Waals surface area contributed by atoms with Crippen LogP contribution in [0.5, 0.6) is 11.5 Å². The number of quaternary nitrogens is 1. The van der Waals surface area contributed by atoms with E-state index in [-0.39, 0.29) is 5.56 Å². The van der Waals surface area contributed by atoms with Gasteiger partial charge in [0, 0.05) is 17.8 Å². The molecule has 142 valence electrons.